The number of nitrogens with one attached hydrogen (secondary N) is 1. The Balaban J connectivity index is 0.0000112. The number of carbonyl (C=O) groups excluding carboxylic acids is 2. The van der Waals surface area contributed by atoms with Gasteiger partial charge in [-0.3, -0.25) is 14.4 Å². The number of unbranched alkanes of at least 4 members (excludes halogenated alkanes) is 22. The fourth-order valence-corrected chi connectivity index (χ4v) is 8.71. The van der Waals surface area contributed by atoms with Gasteiger partial charge in [0.2, 0.25) is 5.91 Å². The van der Waals surface area contributed by atoms with Crippen LogP contribution < -0.4 is 5.32 Å². The Kier molecular flexibility index (Phi) is 44.1. The van der Waals surface area contributed by atoms with Crippen LogP contribution in [0.25, 0.3) is 0 Å². The summed E-state index contributed by atoms with van der Waals surface area (Å²) in [5.74, 6) is 1.24. The van der Waals surface area contributed by atoms with Gasteiger partial charge in [0.1, 0.15) is 6.10 Å². The van der Waals surface area contributed by atoms with Crippen LogP contribution in [0.4, 0.5) is 0 Å². The fraction of sp³-hybridized carbons (Fsp3) is 0.942. The minimum Gasteiger partial charge on any atom is -0.483 e. The summed E-state index contributed by atoms with van der Waals surface area (Å²) in [4.78, 5) is 36.3. The summed E-state index contributed by atoms with van der Waals surface area (Å²) in [6.45, 7) is 13.1. The molecule has 1 amide bonds. The minimum atomic E-state index is -0.250. The van der Waals surface area contributed by atoms with E-state index >= 15 is 0 Å². The molecule has 1 rings (SSSR count). The maximum Gasteiger partial charge on any atom is 0.306 e. The molecule has 8 heteroatoms. The first-order valence-electron chi connectivity index (χ1n) is 26.2. The van der Waals surface area contributed by atoms with Crippen molar-refractivity contribution in [2.24, 2.45) is 11.8 Å². The van der Waals surface area contributed by atoms with Crippen molar-refractivity contribution in [3.8, 4) is 0 Å². The van der Waals surface area contributed by atoms with Gasteiger partial charge >= 0.3 is 5.97 Å². The van der Waals surface area contributed by atoms with E-state index in [-0.39, 0.29) is 36.5 Å². The van der Waals surface area contributed by atoms with Crippen molar-refractivity contribution in [2.75, 3.05) is 33.3 Å². The van der Waals surface area contributed by atoms with Crippen molar-refractivity contribution in [1.29, 1.82) is 0 Å². The fourth-order valence-electron chi connectivity index (χ4n) is 8.71. The molecule has 0 spiro atoms. The zero-order valence-corrected chi connectivity index (χ0v) is 40.6. The van der Waals surface area contributed by atoms with Crippen molar-refractivity contribution in [2.45, 2.75) is 271 Å². The number of carbonyl (C=O) groups is 3. The molecule has 8 nitrogen and oxygen atoms in total. The molecule has 0 aromatic rings. The van der Waals surface area contributed by atoms with E-state index in [4.69, 9.17) is 19.4 Å². The third kappa shape index (κ3) is 38.0. The number of carboxylic acid groups (broad SMARTS) is 1. The second-order valence-corrected chi connectivity index (χ2v) is 18.4. The van der Waals surface area contributed by atoms with Crippen LogP contribution in [0.15, 0.2) is 0 Å². The molecule has 0 heterocycles. The molecule has 0 radical (unpaired) electrons. The molecular formula is C52H102N2O6. The van der Waals surface area contributed by atoms with Crippen LogP contribution >= 0.6 is 0 Å². The van der Waals surface area contributed by atoms with Crippen molar-refractivity contribution < 1.29 is 29.0 Å². The zero-order chi connectivity index (χ0) is 44.2. The Morgan fingerprint density at radius 2 is 0.983 bits per heavy atom. The van der Waals surface area contributed by atoms with E-state index < -0.39 is 0 Å². The second kappa shape index (κ2) is 45.4. The van der Waals surface area contributed by atoms with E-state index in [9.17, 15) is 9.59 Å². The average molecular weight is 851 g/mol. The zero-order valence-electron chi connectivity index (χ0n) is 40.6. The van der Waals surface area contributed by atoms with Gasteiger partial charge in [-0.2, -0.15) is 0 Å². The van der Waals surface area contributed by atoms with Gasteiger partial charge in [-0.05, 0) is 83.3 Å². The highest BCUT2D eigenvalue weighted by atomic mass is 16.5. The SMILES string of the molecule is CCCCCCCCC(CCCCCCCC)OC(=O)CCCCCCCN(CCCCCCCCCC(CCCC)CCCC)CCCNC(=O)C1CC1OC.O=CO. The summed E-state index contributed by atoms with van der Waals surface area (Å²) in [5.41, 5.74) is 0. The maximum absolute atomic E-state index is 12.9. The summed E-state index contributed by atoms with van der Waals surface area (Å²) >= 11 is 0. The maximum atomic E-state index is 12.9. The quantitative estimate of drug-likeness (QED) is 0.0357. The molecule has 2 N–H and O–H groups in total. The molecule has 60 heavy (non-hydrogen) atoms. The number of methoxy groups -OCH3 is 1. The molecule has 0 saturated heterocycles. The number of esters is 1. The average Bonchev–Trinajstić information content (AvgIpc) is 4.04. The van der Waals surface area contributed by atoms with Gasteiger partial charge in [0.15, 0.2) is 0 Å². The predicted octanol–water partition coefficient (Wildman–Crippen LogP) is 14.4. The number of rotatable bonds is 45. The largest absolute Gasteiger partial charge is 0.483 e. The molecule has 1 aliphatic rings. The lowest BCUT2D eigenvalue weighted by atomic mass is 9.90. The van der Waals surface area contributed by atoms with Crippen LogP contribution in [0.3, 0.4) is 0 Å². The number of ether oxygens (including phenoxy) is 2. The number of amides is 1. The molecule has 1 fully saturated rings. The lowest BCUT2D eigenvalue weighted by molar-refractivity contribution is -0.150. The van der Waals surface area contributed by atoms with Crippen LogP contribution in [0.5, 0.6) is 0 Å². The van der Waals surface area contributed by atoms with Crippen LogP contribution in [0.1, 0.15) is 259 Å². The molecule has 2 atom stereocenters. The molecule has 2 unspecified atom stereocenters. The van der Waals surface area contributed by atoms with E-state index in [2.05, 4.69) is 37.9 Å². The van der Waals surface area contributed by atoms with Crippen molar-refractivity contribution >= 4 is 18.3 Å². The second-order valence-electron chi connectivity index (χ2n) is 18.4. The highest BCUT2D eigenvalue weighted by Gasteiger charge is 2.43. The minimum absolute atomic E-state index is 0.0353. The van der Waals surface area contributed by atoms with E-state index in [1.165, 1.54) is 193 Å². The molecule has 0 aromatic heterocycles. The predicted molar refractivity (Wildman–Crippen MR) is 255 cm³/mol. The Labute approximate surface area is 372 Å². The van der Waals surface area contributed by atoms with E-state index in [1.54, 1.807) is 7.11 Å². The van der Waals surface area contributed by atoms with Crippen molar-refractivity contribution in [3.63, 3.8) is 0 Å². The van der Waals surface area contributed by atoms with Crippen LogP contribution in [0, 0.1) is 11.8 Å². The molecule has 0 aromatic carbocycles. The summed E-state index contributed by atoms with van der Waals surface area (Å²) in [6, 6.07) is 0. The molecule has 0 bridgehead atoms. The lowest BCUT2D eigenvalue weighted by Gasteiger charge is -2.22. The first kappa shape index (κ1) is 58.3. The highest BCUT2D eigenvalue weighted by Crippen LogP contribution is 2.33. The third-order valence-corrected chi connectivity index (χ3v) is 12.8. The Morgan fingerprint density at radius 1 is 0.583 bits per heavy atom. The lowest BCUT2D eigenvalue weighted by Crippen LogP contribution is -2.32. The molecule has 1 saturated carbocycles. The summed E-state index contributed by atoms with van der Waals surface area (Å²) in [6.07, 6.45) is 45.4. The highest BCUT2D eigenvalue weighted by molar-refractivity contribution is 5.82. The molecule has 0 aliphatic heterocycles. The normalized spacial score (nSPS) is 14.7. The van der Waals surface area contributed by atoms with Gasteiger partial charge in [0.25, 0.3) is 6.47 Å². The summed E-state index contributed by atoms with van der Waals surface area (Å²) in [7, 11) is 1.70. The molecule has 1 aliphatic carbocycles. The Hall–Kier alpha value is -1.67. The molecule has 356 valence electrons. The molecular weight excluding hydrogens is 749 g/mol. The third-order valence-electron chi connectivity index (χ3n) is 12.8. The Morgan fingerprint density at radius 3 is 1.45 bits per heavy atom. The van der Waals surface area contributed by atoms with E-state index in [1.807, 2.05) is 0 Å². The van der Waals surface area contributed by atoms with Crippen LogP contribution in [0.2, 0.25) is 0 Å². The van der Waals surface area contributed by atoms with Gasteiger partial charge in [0, 0.05) is 20.1 Å². The number of nitrogens with zero attached hydrogens (tertiary/aromatic N) is 1. The van der Waals surface area contributed by atoms with Crippen molar-refractivity contribution in [3.05, 3.63) is 0 Å². The van der Waals surface area contributed by atoms with Crippen LogP contribution in [-0.2, 0) is 23.9 Å². The van der Waals surface area contributed by atoms with Crippen molar-refractivity contribution in [1.82, 2.24) is 10.2 Å². The topological polar surface area (TPSA) is 105 Å². The van der Waals surface area contributed by atoms with E-state index in [0.29, 0.717) is 6.42 Å². The smallest absolute Gasteiger partial charge is 0.306 e. The van der Waals surface area contributed by atoms with Gasteiger partial charge in [-0.15, -0.1) is 0 Å². The van der Waals surface area contributed by atoms with Crippen LogP contribution in [-0.4, -0.2) is 73.9 Å². The van der Waals surface area contributed by atoms with Gasteiger partial charge in [0.05, 0.1) is 12.0 Å². The summed E-state index contributed by atoms with van der Waals surface area (Å²) in [5, 5.41) is 10.0. The van der Waals surface area contributed by atoms with E-state index in [0.717, 1.165) is 64.1 Å². The monoisotopic (exact) mass is 851 g/mol. The van der Waals surface area contributed by atoms with Gasteiger partial charge in [-0.25, -0.2) is 0 Å². The first-order chi connectivity index (χ1) is 29.4. The van der Waals surface area contributed by atoms with Gasteiger partial charge < -0.3 is 24.8 Å². The number of hydrogen-bond acceptors (Lipinski definition) is 6. The Bertz CT molecular complexity index is 910. The summed E-state index contributed by atoms with van der Waals surface area (Å²) < 4.78 is 11.4. The van der Waals surface area contributed by atoms with Gasteiger partial charge in [-0.1, -0.05) is 195 Å². The number of hydrogen-bond donors (Lipinski definition) is 2. The standard InChI is InChI=1S/C51H100N2O4.CH2O2/c1-6-10-14-16-23-29-38-47(39-30-24-17-15-11-7-2)57-50(54)40-31-25-21-27-33-43-53(44-34-41-52-51(55)48-45-49(48)56-5)42-32-26-20-18-19-22-28-37-46(35-12-8-3)36-13-9-4;2-1-3/h46-49H,6-45H2,1-5H3,(H,52,55);1H,(H,2,3). The first-order valence-corrected chi connectivity index (χ1v) is 26.2.